The summed E-state index contributed by atoms with van der Waals surface area (Å²) in [4.78, 5) is 53.0. The van der Waals surface area contributed by atoms with Gasteiger partial charge in [0.1, 0.15) is 0 Å². The number of imide groups is 1. The van der Waals surface area contributed by atoms with Crippen molar-refractivity contribution in [1.29, 1.82) is 0 Å². The molecule has 7 heteroatoms. The Kier molecular flexibility index (Phi) is 5.09. The SMILES string of the molecule is O=C(COC(=O)C1CCC(N2C(=O)[C@@H]3[C@@H]4C=C[C@H]([C@H]5C[C@H]45)[C@@H]3C2=O)CC1)c1ccc(Br)cc1. The second-order valence-corrected chi connectivity index (χ2v) is 11.2. The maximum atomic E-state index is 13.3. The number of ether oxygens (including phenoxy) is 1. The van der Waals surface area contributed by atoms with Crippen LogP contribution in [-0.2, 0) is 19.1 Å². The zero-order valence-corrected chi connectivity index (χ0v) is 19.8. The molecule has 1 heterocycles. The van der Waals surface area contributed by atoms with Gasteiger partial charge in [-0.3, -0.25) is 24.1 Å². The predicted molar refractivity (Wildman–Crippen MR) is 122 cm³/mol. The molecule has 0 aromatic heterocycles. The van der Waals surface area contributed by atoms with Crippen LogP contribution in [0.3, 0.4) is 0 Å². The van der Waals surface area contributed by atoms with Crippen LogP contribution in [0.2, 0.25) is 0 Å². The first-order valence-corrected chi connectivity index (χ1v) is 12.7. The van der Waals surface area contributed by atoms with E-state index in [1.165, 1.54) is 0 Å². The van der Waals surface area contributed by atoms with Crippen LogP contribution in [-0.4, -0.2) is 41.1 Å². The Morgan fingerprint density at radius 2 is 1.48 bits per heavy atom. The van der Waals surface area contributed by atoms with Gasteiger partial charge in [-0.1, -0.05) is 40.2 Å². The van der Waals surface area contributed by atoms with Gasteiger partial charge in [0.05, 0.1) is 17.8 Å². The number of benzene rings is 1. The lowest BCUT2D eigenvalue weighted by Gasteiger charge is -2.37. The highest BCUT2D eigenvalue weighted by atomic mass is 79.9. The molecular formula is C26H26BrNO5. The fraction of sp³-hybridized carbons (Fsp3) is 0.538. The van der Waals surface area contributed by atoms with Crippen LogP contribution in [0, 0.1) is 41.4 Å². The number of amides is 2. The number of likely N-dealkylation sites (tertiary alicyclic amines) is 1. The molecule has 2 bridgehead atoms. The number of halogens is 1. The van der Waals surface area contributed by atoms with Crippen molar-refractivity contribution in [2.75, 3.05) is 6.61 Å². The Morgan fingerprint density at radius 1 is 0.909 bits per heavy atom. The van der Waals surface area contributed by atoms with E-state index in [-0.39, 0.29) is 65.8 Å². The van der Waals surface area contributed by atoms with Crippen molar-refractivity contribution in [3.8, 4) is 0 Å². The summed E-state index contributed by atoms with van der Waals surface area (Å²) in [5, 5.41) is 0. The molecule has 6 atom stereocenters. The number of ketones is 1. The van der Waals surface area contributed by atoms with Crippen molar-refractivity contribution in [3.63, 3.8) is 0 Å². The first-order valence-electron chi connectivity index (χ1n) is 11.9. The van der Waals surface area contributed by atoms with Gasteiger partial charge in [0.15, 0.2) is 12.4 Å². The number of carbonyl (C=O) groups excluding carboxylic acids is 4. The number of esters is 1. The third kappa shape index (κ3) is 3.42. The third-order valence-corrected chi connectivity index (χ3v) is 9.13. The first kappa shape index (κ1) is 21.3. The van der Waals surface area contributed by atoms with E-state index in [4.69, 9.17) is 4.74 Å². The van der Waals surface area contributed by atoms with Crippen molar-refractivity contribution >= 4 is 39.5 Å². The van der Waals surface area contributed by atoms with Gasteiger partial charge in [0.25, 0.3) is 0 Å². The Bertz CT molecular complexity index is 1020. The molecule has 0 unspecified atom stereocenters. The summed E-state index contributed by atoms with van der Waals surface area (Å²) in [5.41, 5.74) is 0.503. The Balaban J connectivity index is 1.04. The standard InChI is InChI=1S/C26H26BrNO5/c27-15-5-1-13(2-6-15)21(29)12-33-26(32)14-3-7-16(8-4-14)28-24(30)22-17-9-10-18(20-11-19(17)20)23(22)25(28)31/h1-2,5-6,9-10,14,16-20,22-23H,3-4,7-8,11-12H2/t14?,16?,17-,18-,19-,20-,22-,23+/m1/s1. The molecule has 5 aliphatic carbocycles. The van der Waals surface area contributed by atoms with Crippen molar-refractivity contribution in [2.45, 2.75) is 38.1 Å². The zero-order chi connectivity index (χ0) is 22.9. The topological polar surface area (TPSA) is 80.8 Å². The molecule has 1 aromatic carbocycles. The van der Waals surface area contributed by atoms with Gasteiger partial charge in [-0.2, -0.15) is 0 Å². The second kappa shape index (κ2) is 7.90. The van der Waals surface area contributed by atoms with Crippen molar-refractivity contribution in [2.24, 2.45) is 41.4 Å². The Hall–Kier alpha value is -2.28. The lowest BCUT2D eigenvalue weighted by molar-refractivity contribution is -0.149. The minimum absolute atomic E-state index is 0.0146. The number of nitrogens with zero attached hydrogens (tertiary/aromatic N) is 1. The minimum atomic E-state index is -0.367. The molecule has 7 rings (SSSR count). The number of hydrogen-bond acceptors (Lipinski definition) is 5. The molecule has 1 aromatic rings. The normalized spacial score (nSPS) is 38.2. The number of carbonyl (C=O) groups is 4. The molecule has 0 spiro atoms. The van der Waals surface area contributed by atoms with Crippen LogP contribution in [0.15, 0.2) is 40.9 Å². The summed E-state index contributed by atoms with van der Waals surface area (Å²) in [7, 11) is 0. The summed E-state index contributed by atoms with van der Waals surface area (Å²) in [6.07, 6.45) is 7.92. The predicted octanol–water partition coefficient (Wildman–Crippen LogP) is 3.79. The molecular weight excluding hydrogens is 486 g/mol. The highest BCUT2D eigenvalue weighted by molar-refractivity contribution is 9.10. The molecule has 4 fully saturated rings. The zero-order valence-electron chi connectivity index (χ0n) is 18.2. The smallest absolute Gasteiger partial charge is 0.309 e. The summed E-state index contributed by atoms with van der Waals surface area (Å²) in [6, 6.07) is 6.81. The van der Waals surface area contributed by atoms with Crippen molar-refractivity contribution in [1.82, 2.24) is 4.90 Å². The second-order valence-electron chi connectivity index (χ2n) is 10.2. The van der Waals surface area contributed by atoms with Crippen molar-refractivity contribution < 1.29 is 23.9 Å². The molecule has 6 aliphatic rings. The van der Waals surface area contributed by atoms with Crippen LogP contribution in [0.4, 0.5) is 0 Å². The van der Waals surface area contributed by atoms with Crippen molar-refractivity contribution in [3.05, 3.63) is 46.5 Å². The molecule has 1 saturated heterocycles. The van der Waals surface area contributed by atoms with Crippen LogP contribution >= 0.6 is 15.9 Å². The molecule has 0 radical (unpaired) electrons. The molecule has 33 heavy (non-hydrogen) atoms. The van der Waals surface area contributed by atoms with E-state index >= 15 is 0 Å². The quantitative estimate of drug-likeness (QED) is 0.260. The highest BCUT2D eigenvalue weighted by Gasteiger charge is 2.67. The maximum Gasteiger partial charge on any atom is 0.309 e. The van der Waals surface area contributed by atoms with E-state index in [2.05, 4.69) is 28.1 Å². The molecule has 172 valence electrons. The van der Waals surface area contributed by atoms with Gasteiger partial charge in [-0.05, 0) is 67.9 Å². The Labute approximate surface area is 200 Å². The van der Waals surface area contributed by atoms with E-state index < -0.39 is 0 Å². The molecule has 3 saturated carbocycles. The fourth-order valence-electron chi connectivity index (χ4n) is 6.88. The fourth-order valence-corrected chi connectivity index (χ4v) is 7.15. The lowest BCUT2D eigenvalue weighted by atomic mass is 9.63. The number of allylic oxidation sites excluding steroid dienone is 2. The number of rotatable bonds is 5. The minimum Gasteiger partial charge on any atom is -0.457 e. The summed E-state index contributed by atoms with van der Waals surface area (Å²) in [6.45, 7) is -0.273. The van der Waals surface area contributed by atoms with Gasteiger partial charge in [0.2, 0.25) is 11.8 Å². The molecule has 2 amide bonds. The molecule has 1 aliphatic heterocycles. The van der Waals surface area contributed by atoms with Gasteiger partial charge in [-0.25, -0.2) is 0 Å². The Morgan fingerprint density at radius 3 is 2.06 bits per heavy atom. The monoisotopic (exact) mass is 511 g/mol. The van der Waals surface area contributed by atoms with Crippen LogP contribution in [0.25, 0.3) is 0 Å². The average Bonchev–Trinajstić information content (AvgIpc) is 3.61. The molecule has 6 nitrogen and oxygen atoms in total. The third-order valence-electron chi connectivity index (χ3n) is 8.60. The summed E-state index contributed by atoms with van der Waals surface area (Å²) >= 11 is 3.33. The van der Waals surface area contributed by atoms with Crippen LogP contribution in [0.5, 0.6) is 0 Å². The van der Waals surface area contributed by atoms with Crippen LogP contribution < -0.4 is 0 Å². The van der Waals surface area contributed by atoms with Gasteiger partial charge < -0.3 is 4.74 Å². The highest BCUT2D eigenvalue weighted by Crippen LogP contribution is 2.65. The number of Topliss-reactive ketones (excluding diaryl/α,β-unsaturated/α-hetero) is 1. The van der Waals surface area contributed by atoms with E-state index in [0.29, 0.717) is 43.1 Å². The first-order chi connectivity index (χ1) is 15.9. The van der Waals surface area contributed by atoms with Gasteiger partial charge in [0, 0.05) is 16.1 Å². The number of hydrogen-bond donors (Lipinski definition) is 0. The van der Waals surface area contributed by atoms with Crippen LogP contribution in [0.1, 0.15) is 42.5 Å². The summed E-state index contributed by atoms with van der Waals surface area (Å²) in [5.74, 6) is 0.484. The van der Waals surface area contributed by atoms with E-state index in [1.807, 2.05) is 0 Å². The lowest BCUT2D eigenvalue weighted by Crippen LogP contribution is -2.44. The van der Waals surface area contributed by atoms with E-state index in [0.717, 1.165) is 10.9 Å². The van der Waals surface area contributed by atoms with Gasteiger partial charge >= 0.3 is 5.97 Å². The maximum absolute atomic E-state index is 13.3. The molecule has 0 N–H and O–H groups in total. The van der Waals surface area contributed by atoms with Gasteiger partial charge in [-0.15, -0.1) is 0 Å². The average molecular weight is 512 g/mol. The largest absolute Gasteiger partial charge is 0.457 e. The summed E-state index contributed by atoms with van der Waals surface area (Å²) < 4.78 is 6.18. The van der Waals surface area contributed by atoms with E-state index in [1.54, 1.807) is 29.2 Å². The van der Waals surface area contributed by atoms with E-state index in [9.17, 15) is 19.2 Å².